The van der Waals surface area contributed by atoms with Crippen LogP contribution in [0.5, 0.6) is 0 Å². The van der Waals surface area contributed by atoms with E-state index < -0.39 is 12.6 Å². The molecule has 0 atom stereocenters. The van der Waals surface area contributed by atoms with Gasteiger partial charge in [-0.15, -0.1) is 0 Å². The Kier molecular flexibility index (Phi) is 8.82. The number of hydrogen-bond acceptors (Lipinski definition) is 2. The van der Waals surface area contributed by atoms with Crippen LogP contribution >= 0.6 is 0 Å². The number of alkyl halides is 1. The summed E-state index contributed by atoms with van der Waals surface area (Å²) < 4.78 is 16.1. The van der Waals surface area contributed by atoms with Crippen molar-refractivity contribution in [2.75, 3.05) is 13.3 Å². The number of hydrogen-bond donors (Lipinski definition) is 0. The molecule has 0 aliphatic carbocycles. The number of esters is 1. The first kappa shape index (κ1) is 15.8. The number of carbonyl (C=O) groups is 1. The van der Waals surface area contributed by atoms with E-state index in [9.17, 15) is 9.18 Å². The average Bonchev–Trinajstić information content (AvgIpc) is 2.45. The molecule has 2 nitrogen and oxygen atoms in total. The topological polar surface area (TPSA) is 26.3 Å². The van der Waals surface area contributed by atoms with Crippen molar-refractivity contribution in [2.45, 2.75) is 0 Å². The van der Waals surface area contributed by atoms with E-state index in [1.165, 1.54) is 11.6 Å². The molecule has 0 amide bonds. The summed E-state index contributed by atoms with van der Waals surface area (Å²) >= 11 is 0. The van der Waals surface area contributed by atoms with Crippen LogP contribution in [0.25, 0.3) is 6.08 Å². The minimum Gasteiger partial charge on any atom is -0.458 e. The Bertz CT molecular complexity index is 396. The molecule has 0 N–H and O–H groups in total. The van der Waals surface area contributed by atoms with Crippen molar-refractivity contribution in [1.29, 1.82) is 0 Å². The largest absolute Gasteiger partial charge is 0.458 e. The smallest absolute Gasteiger partial charge is 0.336 e. The quantitative estimate of drug-likeness (QED) is 0.452. The highest BCUT2D eigenvalue weighted by molar-refractivity contribution is 5.87. The summed E-state index contributed by atoms with van der Waals surface area (Å²) in [7, 11) is 0. The fraction of sp³-hybridized carbons (Fsp3) is 0.133. The van der Waals surface area contributed by atoms with Crippen molar-refractivity contribution in [3.63, 3.8) is 0 Å². The van der Waals surface area contributed by atoms with Crippen LogP contribution in [0.2, 0.25) is 0 Å². The van der Waals surface area contributed by atoms with Gasteiger partial charge in [-0.25, -0.2) is 9.18 Å². The van der Waals surface area contributed by atoms with Crippen LogP contribution in [0.3, 0.4) is 0 Å². The van der Waals surface area contributed by atoms with Crippen LogP contribution in [0, 0.1) is 0 Å². The molecule has 0 spiro atoms. The second kappa shape index (κ2) is 10.0. The van der Waals surface area contributed by atoms with Crippen LogP contribution in [0.15, 0.2) is 61.7 Å². The fourth-order valence-corrected chi connectivity index (χ4v) is 0.880. The molecule has 0 saturated carbocycles. The summed E-state index contributed by atoms with van der Waals surface area (Å²) in [5, 5.41) is 0. The second-order valence-corrected chi connectivity index (χ2v) is 3.24. The van der Waals surface area contributed by atoms with Crippen molar-refractivity contribution in [3.05, 3.63) is 67.3 Å². The molecule has 0 heterocycles. The summed E-state index contributed by atoms with van der Waals surface area (Å²) in [4.78, 5) is 10.5. The van der Waals surface area contributed by atoms with Crippen LogP contribution < -0.4 is 0 Å². The Morgan fingerprint density at radius 2 is 1.89 bits per heavy atom. The van der Waals surface area contributed by atoms with Gasteiger partial charge in [-0.05, 0) is 5.56 Å². The highest BCUT2D eigenvalue weighted by atomic mass is 19.1. The predicted octanol–water partition coefficient (Wildman–Crippen LogP) is 3.57. The van der Waals surface area contributed by atoms with Gasteiger partial charge in [0.05, 0.1) is 5.57 Å². The Morgan fingerprint density at radius 3 is 2.28 bits per heavy atom. The van der Waals surface area contributed by atoms with E-state index in [4.69, 9.17) is 0 Å². The first-order chi connectivity index (χ1) is 8.65. The van der Waals surface area contributed by atoms with Gasteiger partial charge in [-0.1, -0.05) is 62.2 Å². The van der Waals surface area contributed by atoms with Gasteiger partial charge in [-0.2, -0.15) is 0 Å². The third-order valence-corrected chi connectivity index (χ3v) is 1.82. The van der Waals surface area contributed by atoms with Gasteiger partial charge in [0.15, 0.2) is 0 Å². The maximum Gasteiger partial charge on any atom is 0.336 e. The lowest BCUT2D eigenvalue weighted by Gasteiger charge is -1.99. The molecule has 0 unspecified atom stereocenters. The minimum absolute atomic E-state index is 0.0951. The zero-order valence-corrected chi connectivity index (χ0v) is 10.3. The molecular weight excluding hydrogens is 231 g/mol. The Labute approximate surface area is 107 Å². The molecular formula is C15H17FO2. The Balaban J connectivity index is 0.000000327. The zero-order valence-electron chi connectivity index (χ0n) is 10.3. The molecule has 0 aliphatic heterocycles. The molecule has 1 aromatic rings. The third-order valence-electron chi connectivity index (χ3n) is 1.82. The molecule has 96 valence electrons. The third kappa shape index (κ3) is 7.17. The van der Waals surface area contributed by atoms with Gasteiger partial charge in [-0.3, -0.25) is 0 Å². The molecule has 0 saturated heterocycles. The molecule has 0 aromatic heterocycles. The predicted molar refractivity (Wildman–Crippen MR) is 72.8 cm³/mol. The number of rotatable bonds is 5. The molecule has 0 bridgehead atoms. The van der Waals surface area contributed by atoms with Crippen LogP contribution in [-0.2, 0) is 9.53 Å². The van der Waals surface area contributed by atoms with Crippen molar-refractivity contribution < 1.29 is 13.9 Å². The van der Waals surface area contributed by atoms with Gasteiger partial charge in [0.25, 0.3) is 0 Å². The van der Waals surface area contributed by atoms with Crippen molar-refractivity contribution >= 4 is 12.0 Å². The summed E-state index contributed by atoms with van der Waals surface area (Å²) in [6.45, 7) is 9.32. The van der Waals surface area contributed by atoms with Crippen molar-refractivity contribution in [3.8, 4) is 0 Å². The Hall–Kier alpha value is -2.16. The van der Waals surface area contributed by atoms with Crippen LogP contribution in [-0.4, -0.2) is 19.3 Å². The van der Waals surface area contributed by atoms with E-state index >= 15 is 0 Å². The molecule has 1 aromatic carbocycles. The molecule has 0 fully saturated rings. The minimum atomic E-state index is -0.865. The van der Waals surface area contributed by atoms with E-state index in [-0.39, 0.29) is 12.2 Å². The van der Waals surface area contributed by atoms with Crippen LogP contribution in [0.1, 0.15) is 5.56 Å². The van der Waals surface area contributed by atoms with Gasteiger partial charge >= 0.3 is 5.97 Å². The highest BCUT2D eigenvalue weighted by Crippen LogP contribution is 1.97. The zero-order chi connectivity index (χ0) is 13.8. The molecule has 0 aliphatic rings. The fourth-order valence-electron chi connectivity index (χ4n) is 0.880. The summed E-state index contributed by atoms with van der Waals surface area (Å²) in [6.07, 6.45) is 3.24. The standard InChI is InChI=1S/C8H8.C7H9FO2/c1-2-8-6-4-3-5-7-8;1-3-4-10-7(9)6(2)5-8/h2-7H,1H2;3H,1-2,4-5H2. The lowest BCUT2D eigenvalue weighted by atomic mass is 10.2. The van der Waals surface area contributed by atoms with Crippen molar-refractivity contribution in [1.82, 2.24) is 0 Å². The van der Waals surface area contributed by atoms with Gasteiger partial charge < -0.3 is 4.74 Å². The van der Waals surface area contributed by atoms with Crippen molar-refractivity contribution in [2.24, 2.45) is 0 Å². The van der Waals surface area contributed by atoms with Gasteiger partial charge in [0.2, 0.25) is 0 Å². The molecule has 3 heteroatoms. The number of benzene rings is 1. The highest BCUT2D eigenvalue weighted by Gasteiger charge is 2.05. The monoisotopic (exact) mass is 248 g/mol. The lowest BCUT2D eigenvalue weighted by molar-refractivity contribution is -0.138. The van der Waals surface area contributed by atoms with Gasteiger partial charge in [0, 0.05) is 0 Å². The number of carbonyl (C=O) groups excluding carboxylic acids is 1. The summed E-state index contributed by atoms with van der Waals surface area (Å²) in [5.74, 6) is -0.706. The van der Waals surface area contributed by atoms with E-state index in [1.54, 1.807) is 0 Å². The van der Waals surface area contributed by atoms with E-state index in [0.717, 1.165) is 0 Å². The lowest BCUT2D eigenvalue weighted by Crippen LogP contribution is -2.07. The van der Waals surface area contributed by atoms with E-state index in [2.05, 4.69) is 24.5 Å². The number of halogens is 1. The summed E-state index contributed by atoms with van der Waals surface area (Å²) in [6, 6.07) is 10.0. The van der Waals surface area contributed by atoms with E-state index in [0.29, 0.717) is 0 Å². The van der Waals surface area contributed by atoms with Crippen LogP contribution in [0.4, 0.5) is 4.39 Å². The first-order valence-electron chi connectivity index (χ1n) is 5.35. The first-order valence-corrected chi connectivity index (χ1v) is 5.35. The van der Waals surface area contributed by atoms with Gasteiger partial charge in [0.1, 0.15) is 13.3 Å². The maximum absolute atomic E-state index is 11.6. The number of ether oxygens (including phenoxy) is 1. The normalized spacial score (nSPS) is 8.50. The second-order valence-electron chi connectivity index (χ2n) is 3.24. The Morgan fingerprint density at radius 1 is 1.28 bits per heavy atom. The van der Waals surface area contributed by atoms with E-state index in [1.807, 2.05) is 36.4 Å². The summed E-state index contributed by atoms with van der Waals surface area (Å²) in [5.41, 5.74) is 1.01. The molecule has 18 heavy (non-hydrogen) atoms. The maximum atomic E-state index is 11.6. The SMILES string of the molecule is C=CCOC(=O)C(=C)CF.C=Cc1ccccc1. The molecule has 1 rings (SSSR count). The average molecular weight is 248 g/mol. The molecule has 0 radical (unpaired) electrons.